The molecule has 0 saturated carbocycles. The van der Waals surface area contributed by atoms with E-state index in [1.54, 1.807) is 16.7 Å². The van der Waals surface area contributed by atoms with E-state index in [0.29, 0.717) is 16.2 Å². The Hall–Kier alpha value is -3.26. The fourth-order valence-electron chi connectivity index (χ4n) is 2.67. The summed E-state index contributed by atoms with van der Waals surface area (Å²) < 4.78 is 1.91. The molecule has 0 atom stereocenters. The van der Waals surface area contributed by atoms with E-state index in [1.807, 2.05) is 50.2 Å². The number of amides is 2. The van der Waals surface area contributed by atoms with Crippen LogP contribution >= 0.6 is 12.2 Å². The lowest BCUT2D eigenvalue weighted by Crippen LogP contribution is -2.43. The summed E-state index contributed by atoms with van der Waals surface area (Å²) in [5.41, 5.74) is 8.08. The minimum Gasteiger partial charge on any atom is -0.291 e. The van der Waals surface area contributed by atoms with E-state index >= 15 is 0 Å². The Morgan fingerprint density at radius 1 is 1.11 bits per heavy atom. The van der Waals surface area contributed by atoms with Gasteiger partial charge in [0.2, 0.25) is 0 Å². The molecule has 0 radical (unpaired) electrons. The van der Waals surface area contributed by atoms with Crippen molar-refractivity contribution >= 4 is 24.0 Å². The van der Waals surface area contributed by atoms with Crippen LogP contribution in [0.2, 0.25) is 0 Å². The molecule has 0 aliphatic heterocycles. The van der Waals surface area contributed by atoms with Crippen LogP contribution in [0.25, 0.3) is 11.4 Å². The van der Waals surface area contributed by atoms with E-state index in [1.165, 1.54) is 0 Å². The highest BCUT2D eigenvalue weighted by Gasteiger charge is 2.14. The SMILES string of the molecule is Cc1cccc(-c2n[nH]c(=S)n2CC(=O)NNC(=O)c2ccccc2C)c1. The minimum absolute atomic E-state index is 0.0767. The van der Waals surface area contributed by atoms with Gasteiger partial charge in [-0.15, -0.1) is 0 Å². The Morgan fingerprint density at radius 2 is 1.89 bits per heavy atom. The number of carbonyl (C=O) groups is 2. The van der Waals surface area contributed by atoms with Crippen LogP contribution in [0, 0.1) is 18.6 Å². The first-order valence-corrected chi connectivity index (χ1v) is 8.73. The molecule has 7 nitrogen and oxygen atoms in total. The fourth-order valence-corrected chi connectivity index (χ4v) is 2.87. The molecule has 1 heterocycles. The first kappa shape index (κ1) is 18.5. The van der Waals surface area contributed by atoms with Gasteiger partial charge in [0.25, 0.3) is 11.8 Å². The van der Waals surface area contributed by atoms with E-state index < -0.39 is 5.91 Å². The number of benzene rings is 2. The van der Waals surface area contributed by atoms with Crippen molar-refractivity contribution in [2.45, 2.75) is 20.4 Å². The Kier molecular flexibility index (Phi) is 5.46. The number of aromatic amines is 1. The van der Waals surface area contributed by atoms with Crippen LogP contribution in [0.5, 0.6) is 0 Å². The predicted molar refractivity (Wildman–Crippen MR) is 104 cm³/mol. The third kappa shape index (κ3) is 4.29. The third-order valence-corrected chi connectivity index (χ3v) is 4.35. The lowest BCUT2D eigenvalue weighted by molar-refractivity contribution is -0.122. The number of hydrogen-bond acceptors (Lipinski definition) is 4. The van der Waals surface area contributed by atoms with Crippen molar-refractivity contribution in [2.75, 3.05) is 0 Å². The molecule has 0 fully saturated rings. The molecule has 0 saturated heterocycles. The second-order valence-corrected chi connectivity index (χ2v) is 6.51. The second-order valence-electron chi connectivity index (χ2n) is 6.13. The molecule has 2 aromatic carbocycles. The summed E-state index contributed by atoms with van der Waals surface area (Å²) in [6.45, 7) is 3.73. The summed E-state index contributed by atoms with van der Waals surface area (Å²) in [7, 11) is 0. The number of hydrazine groups is 1. The van der Waals surface area contributed by atoms with E-state index in [-0.39, 0.29) is 12.5 Å². The number of H-pyrrole nitrogens is 1. The molecule has 8 heteroatoms. The molecule has 1 aromatic heterocycles. The van der Waals surface area contributed by atoms with Crippen molar-refractivity contribution in [3.63, 3.8) is 0 Å². The fraction of sp³-hybridized carbons (Fsp3) is 0.158. The van der Waals surface area contributed by atoms with Gasteiger partial charge >= 0.3 is 0 Å². The van der Waals surface area contributed by atoms with Crippen molar-refractivity contribution < 1.29 is 9.59 Å². The molecule has 3 rings (SSSR count). The van der Waals surface area contributed by atoms with Gasteiger partial charge < -0.3 is 0 Å². The minimum atomic E-state index is -0.414. The average Bonchev–Trinajstić information content (AvgIpc) is 3.00. The number of aryl methyl sites for hydroxylation is 2. The number of rotatable bonds is 4. The zero-order chi connectivity index (χ0) is 19.4. The maximum Gasteiger partial charge on any atom is 0.269 e. The van der Waals surface area contributed by atoms with Gasteiger partial charge in [0.05, 0.1) is 0 Å². The van der Waals surface area contributed by atoms with Gasteiger partial charge in [-0.1, -0.05) is 42.0 Å². The van der Waals surface area contributed by atoms with Gasteiger partial charge in [-0.2, -0.15) is 5.10 Å². The summed E-state index contributed by atoms with van der Waals surface area (Å²) >= 11 is 5.23. The molecule has 138 valence electrons. The van der Waals surface area contributed by atoms with Crippen molar-refractivity contribution in [3.8, 4) is 11.4 Å². The highest BCUT2D eigenvalue weighted by Crippen LogP contribution is 2.18. The number of aromatic nitrogens is 3. The summed E-state index contributed by atoms with van der Waals surface area (Å²) in [5, 5.41) is 6.92. The third-order valence-electron chi connectivity index (χ3n) is 4.04. The Morgan fingerprint density at radius 3 is 2.63 bits per heavy atom. The Bertz CT molecular complexity index is 1050. The molecule has 0 aliphatic rings. The number of hydrogen-bond donors (Lipinski definition) is 3. The highest BCUT2D eigenvalue weighted by molar-refractivity contribution is 7.71. The average molecular weight is 381 g/mol. The van der Waals surface area contributed by atoms with Crippen molar-refractivity contribution in [1.82, 2.24) is 25.6 Å². The van der Waals surface area contributed by atoms with E-state index in [0.717, 1.165) is 16.7 Å². The quantitative estimate of drug-likeness (QED) is 0.479. The molecule has 2 amide bonds. The van der Waals surface area contributed by atoms with Crippen LogP contribution in [-0.2, 0) is 11.3 Å². The number of nitrogens with one attached hydrogen (secondary N) is 3. The first-order chi connectivity index (χ1) is 13.0. The van der Waals surface area contributed by atoms with Crippen molar-refractivity contribution in [3.05, 3.63) is 70.0 Å². The lowest BCUT2D eigenvalue weighted by Gasteiger charge is -2.10. The number of nitrogens with zero attached hydrogens (tertiary/aromatic N) is 2. The molecule has 3 aromatic rings. The normalized spacial score (nSPS) is 10.4. The van der Waals surface area contributed by atoms with E-state index in [4.69, 9.17) is 12.2 Å². The van der Waals surface area contributed by atoms with Crippen LogP contribution < -0.4 is 10.9 Å². The van der Waals surface area contributed by atoms with Crippen LogP contribution in [0.4, 0.5) is 0 Å². The van der Waals surface area contributed by atoms with Crippen molar-refractivity contribution in [2.24, 2.45) is 0 Å². The van der Waals surface area contributed by atoms with Gasteiger partial charge in [-0.25, -0.2) is 0 Å². The molecule has 0 unspecified atom stereocenters. The van der Waals surface area contributed by atoms with Gasteiger partial charge in [0.15, 0.2) is 10.6 Å². The zero-order valence-electron chi connectivity index (χ0n) is 14.9. The monoisotopic (exact) mass is 381 g/mol. The first-order valence-electron chi connectivity index (χ1n) is 8.33. The molecular formula is C19H19N5O2S. The predicted octanol–water partition coefficient (Wildman–Crippen LogP) is 2.69. The zero-order valence-corrected chi connectivity index (χ0v) is 15.8. The molecule has 0 spiro atoms. The van der Waals surface area contributed by atoms with Crippen LogP contribution in [0.1, 0.15) is 21.5 Å². The Labute approximate surface area is 161 Å². The van der Waals surface area contributed by atoms with E-state index in [9.17, 15) is 9.59 Å². The largest absolute Gasteiger partial charge is 0.291 e. The topological polar surface area (TPSA) is 91.8 Å². The van der Waals surface area contributed by atoms with Crippen molar-refractivity contribution in [1.29, 1.82) is 0 Å². The maximum atomic E-state index is 12.3. The molecule has 27 heavy (non-hydrogen) atoms. The molecule has 0 bridgehead atoms. The van der Waals surface area contributed by atoms with Gasteiger partial charge in [0, 0.05) is 11.1 Å². The van der Waals surface area contributed by atoms with Crippen LogP contribution in [0.15, 0.2) is 48.5 Å². The molecular weight excluding hydrogens is 362 g/mol. The smallest absolute Gasteiger partial charge is 0.269 e. The molecule has 0 aliphatic carbocycles. The summed E-state index contributed by atoms with van der Waals surface area (Å²) in [6, 6.07) is 14.9. The van der Waals surface area contributed by atoms with Gasteiger partial charge in [-0.3, -0.25) is 30.1 Å². The number of carbonyl (C=O) groups excluding carboxylic acids is 2. The van der Waals surface area contributed by atoms with Crippen LogP contribution in [0.3, 0.4) is 0 Å². The second kappa shape index (κ2) is 7.96. The summed E-state index contributed by atoms with van der Waals surface area (Å²) in [6.07, 6.45) is 0. The lowest BCUT2D eigenvalue weighted by atomic mass is 10.1. The van der Waals surface area contributed by atoms with Crippen LogP contribution in [-0.4, -0.2) is 26.6 Å². The maximum absolute atomic E-state index is 12.3. The van der Waals surface area contributed by atoms with E-state index in [2.05, 4.69) is 21.0 Å². The standard InChI is InChI=1S/C19H19N5O2S/c1-12-6-5-8-14(10-12)17-21-23-19(27)24(17)11-16(25)20-22-18(26)15-9-4-3-7-13(15)2/h3-10H,11H2,1-2H3,(H,20,25)(H,22,26)(H,23,27). The molecule has 3 N–H and O–H groups in total. The van der Waals surface area contributed by atoms with Gasteiger partial charge in [-0.05, 0) is 43.8 Å². The highest BCUT2D eigenvalue weighted by atomic mass is 32.1. The van der Waals surface area contributed by atoms with Gasteiger partial charge in [0.1, 0.15) is 6.54 Å². The Balaban J connectivity index is 1.70. The summed E-state index contributed by atoms with van der Waals surface area (Å²) in [5.74, 6) is -0.233. The summed E-state index contributed by atoms with van der Waals surface area (Å²) in [4.78, 5) is 24.5.